The van der Waals surface area contributed by atoms with Gasteiger partial charge in [0.15, 0.2) is 0 Å². The molecule has 1 aliphatic rings. The van der Waals surface area contributed by atoms with Crippen molar-refractivity contribution in [2.45, 2.75) is 56.5 Å². The molecular weight excluding hydrogens is 518 g/mol. The fourth-order valence-corrected chi connectivity index (χ4v) is 4.04. The maximum Gasteiger partial charge on any atom is 0.430 e. The molecule has 1 atom stereocenters. The van der Waals surface area contributed by atoms with Gasteiger partial charge in [0.2, 0.25) is 0 Å². The zero-order valence-corrected chi connectivity index (χ0v) is 19.9. The highest BCUT2D eigenvalue weighted by atomic mass is 79.9. The van der Waals surface area contributed by atoms with Gasteiger partial charge in [0.25, 0.3) is 5.60 Å². The Morgan fingerprint density at radius 1 is 1.03 bits per heavy atom. The molecule has 0 spiro atoms. The average Bonchev–Trinajstić information content (AvgIpc) is 2.73. The van der Waals surface area contributed by atoms with Crippen LogP contribution < -0.4 is 4.74 Å². The van der Waals surface area contributed by atoms with Gasteiger partial charge in [-0.1, -0.05) is 59.1 Å². The summed E-state index contributed by atoms with van der Waals surface area (Å²) in [5.41, 5.74) is -4.15. The molecule has 1 aliphatic carbocycles. The van der Waals surface area contributed by atoms with Gasteiger partial charge in [0.1, 0.15) is 12.5 Å². The number of hydrogen-bond acceptors (Lipinski definition) is 3. The lowest BCUT2D eigenvalue weighted by Gasteiger charge is -2.39. The zero-order chi connectivity index (χ0) is 24.7. The fraction of sp³-hybridized carbons (Fsp3) is 0.565. The Morgan fingerprint density at radius 3 is 2.18 bits per heavy atom. The Labute approximate surface area is 197 Å². The van der Waals surface area contributed by atoms with E-state index in [0.717, 1.165) is 36.6 Å². The highest BCUT2D eigenvalue weighted by molar-refractivity contribution is 9.09. The molecule has 0 heterocycles. The summed E-state index contributed by atoms with van der Waals surface area (Å²) < 4.78 is 97.8. The Balaban J connectivity index is 2.42. The molecule has 0 amide bonds. The molecule has 2 rings (SSSR count). The van der Waals surface area contributed by atoms with Crippen LogP contribution in [0.25, 0.3) is 0 Å². The first-order chi connectivity index (χ1) is 15.5. The van der Waals surface area contributed by atoms with Gasteiger partial charge in [-0.3, -0.25) is 0 Å². The lowest BCUT2D eigenvalue weighted by molar-refractivity contribution is -0.375. The van der Waals surface area contributed by atoms with Crippen LogP contribution in [0.1, 0.15) is 44.1 Å². The van der Waals surface area contributed by atoms with Crippen molar-refractivity contribution in [1.82, 2.24) is 0 Å². The van der Waals surface area contributed by atoms with Gasteiger partial charge in [-0.05, 0) is 42.5 Å². The van der Waals surface area contributed by atoms with Crippen LogP contribution in [0.15, 0.2) is 47.6 Å². The summed E-state index contributed by atoms with van der Waals surface area (Å²) in [6.07, 6.45) is -7.78. The van der Waals surface area contributed by atoms with E-state index in [0.29, 0.717) is 30.8 Å². The van der Waals surface area contributed by atoms with Gasteiger partial charge < -0.3 is 14.2 Å². The van der Waals surface area contributed by atoms with E-state index < -0.39 is 30.3 Å². The van der Waals surface area contributed by atoms with E-state index in [1.165, 1.54) is 0 Å². The molecule has 0 fully saturated rings. The Bertz CT molecular complexity index is 801. The van der Waals surface area contributed by atoms with Gasteiger partial charge in [0, 0.05) is 18.4 Å². The van der Waals surface area contributed by atoms with Gasteiger partial charge in [-0.25, -0.2) is 0 Å². The van der Waals surface area contributed by atoms with Gasteiger partial charge in [-0.2, -0.15) is 26.3 Å². The summed E-state index contributed by atoms with van der Waals surface area (Å²) in [4.78, 5) is 0. The molecule has 0 aromatic heterocycles. The molecule has 33 heavy (non-hydrogen) atoms. The second kappa shape index (κ2) is 11.8. The van der Waals surface area contributed by atoms with Crippen LogP contribution in [-0.4, -0.2) is 43.8 Å². The molecule has 0 radical (unpaired) electrons. The topological polar surface area (TPSA) is 27.7 Å². The number of allylic oxidation sites excluding steroid dienone is 2. The van der Waals surface area contributed by atoms with E-state index in [1.54, 1.807) is 24.3 Å². The third-order valence-corrected chi connectivity index (χ3v) is 5.89. The van der Waals surface area contributed by atoms with Crippen LogP contribution in [0, 0.1) is 0 Å². The minimum Gasteiger partial charge on any atom is -0.494 e. The molecule has 0 saturated heterocycles. The zero-order valence-electron chi connectivity index (χ0n) is 18.4. The van der Waals surface area contributed by atoms with E-state index >= 15 is 0 Å². The molecule has 1 aromatic rings. The maximum absolute atomic E-state index is 13.9. The van der Waals surface area contributed by atoms with Crippen molar-refractivity contribution >= 4 is 15.9 Å². The van der Waals surface area contributed by atoms with Crippen molar-refractivity contribution in [3.63, 3.8) is 0 Å². The van der Waals surface area contributed by atoms with E-state index in [9.17, 15) is 26.3 Å². The lowest BCUT2D eigenvalue weighted by Crippen LogP contribution is -2.60. The van der Waals surface area contributed by atoms with Crippen LogP contribution in [0.5, 0.6) is 5.75 Å². The highest BCUT2D eigenvalue weighted by Crippen LogP contribution is 2.53. The largest absolute Gasteiger partial charge is 0.494 e. The number of methoxy groups -OCH3 is 1. The molecular formula is C23H27BrF6O3. The second-order valence-corrected chi connectivity index (χ2v) is 8.40. The fourth-order valence-electron chi connectivity index (χ4n) is 3.81. The number of hydrogen-bond donors (Lipinski definition) is 0. The standard InChI is InChI=1S/C23H27BrF6O3/c1-3-5-17-14-18(21(22(25,26)27,23(28,29)30)33-15-31-2)8-11-20(17)16-6-9-19(10-7-16)32-13-4-12-24/h6-10,14,20H,3-5,11-13,15H2,1-2H3. The smallest absolute Gasteiger partial charge is 0.430 e. The maximum atomic E-state index is 13.9. The summed E-state index contributed by atoms with van der Waals surface area (Å²) in [5, 5.41) is 0.804. The molecule has 1 aromatic carbocycles. The van der Waals surface area contributed by atoms with Crippen molar-refractivity contribution in [2.75, 3.05) is 25.8 Å². The van der Waals surface area contributed by atoms with Crippen LogP contribution in [0.2, 0.25) is 0 Å². The lowest BCUT2D eigenvalue weighted by atomic mass is 9.77. The van der Waals surface area contributed by atoms with Gasteiger partial charge in [0.05, 0.1) is 6.61 Å². The molecule has 1 unspecified atom stereocenters. The van der Waals surface area contributed by atoms with Gasteiger partial charge in [-0.15, -0.1) is 0 Å². The minimum absolute atomic E-state index is 0.0186. The molecule has 10 heteroatoms. The number of alkyl halides is 7. The predicted octanol–water partition coefficient (Wildman–Crippen LogP) is 7.47. The van der Waals surface area contributed by atoms with Crippen LogP contribution in [0.3, 0.4) is 0 Å². The van der Waals surface area contributed by atoms with Gasteiger partial charge >= 0.3 is 12.4 Å². The average molecular weight is 545 g/mol. The number of rotatable bonds is 11. The summed E-state index contributed by atoms with van der Waals surface area (Å²) in [5.74, 6) is 0.306. The van der Waals surface area contributed by atoms with Crippen molar-refractivity contribution in [3.8, 4) is 5.75 Å². The first kappa shape index (κ1) is 27.7. The van der Waals surface area contributed by atoms with Crippen molar-refractivity contribution < 1.29 is 40.6 Å². The van der Waals surface area contributed by atoms with E-state index in [1.807, 2.05) is 6.92 Å². The van der Waals surface area contributed by atoms with E-state index in [2.05, 4.69) is 25.4 Å². The first-order valence-electron chi connectivity index (χ1n) is 10.5. The summed E-state index contributed by atoms with van der Waals surface area (Å²) in [6, 6.07) is 7.09. The van der Waals surface area contributed by atoms with Crippen LogP contribution in [0.4, 0.5) is 26.3 Å². The Kier molecular flexibility index (Phi) is 9.87. The number of benzene rings is 1. The molecule has 0 aliphatic heterocycles. The Morgan fingerprint density at radius 2 is 1.67 bits per heavy atom. The van der Waals surface area contributed by atoms with Crippen LogP contribution >= 0.6 is 15.9 Å². The molecule has 0 N–H and O–H groups in total. The minimum atomic E-state index is -5.73. The monoisotopic (exact) mass is 544 g/mol. The molecule has 0 bridgehead atoms. The summed E-state index contributed by atoms with van der Waals surface area (Å²) >= 11 is 3.32. The Hall–Kier alpha value is -1.52. The third kappa shape index (κ3) is 6.33. The normalized spacial score (nSPS) is 17.5. The van der Waals surface area contributed by atoms with E-state index in [-0.39, 0.29) is 12.3 Å². The highest BCUT2D eigenvalue weighted by Gasteiger charge is 2.74. The van der Waals surface area contributed by atoms with Crippen molar-refractivity contribution in [3.05, 3.63) is 53.1 Å². The van der Waals surface area contributed by atoms with Crippen molar-refractivity contribution in [1.29, 1.82) is 0 Å². The van der Waals surface area contributed by atoms with E-state index in [4.69, 9.17) is 4.74 Å². The SMILES string of the molecule is CCCC1=CC(C(OCOC)(C(F)(F)F)C(F)(F)F)=CCC1c1ccc(OCCCBr)cc1. The molecule has 0 saturated carbocycles. The number of halogens is 7. The predicted molar refractivity (Wildman–Crippen MR) is 117 cm³/mol. The third-order valence-electron chi connectivity index (χ3n) is 5.33. The summed E-state index contributed by atoms with van der Waals surface area (Å²) in [7, 11) is 0.967. The number of ether oxygens (including phenoxy) is 3. The quantitative estimate of drug-likeness (QED) is 0.125. The molecule has 3 nitrogen and oxygen atoms in total. The van der Waals surface area contributed by atoms with Crippen molar-refractivity contribution in [2.24, 2.45) is 0 Å². The summed E-state index contributed by atoms with van der Waals surface area (Å²) in [6.45, 7) is 1.19. The van der Waals surface area contributed by atoms with Crippen LogP contribution in [-0.2, 0) is 9.47 Å². The second-order valence-electron chi connectivity index (χ2n) is 7.60. The first-order valence-corrected chi connectivity index (χ1v) is 11.6. The molecule has 186 valence electrons.